The summed E-state index contributed by atoms with van der Waals surface area (Å²) in [6.45, 7) is 2.07. The standard InChI is InChI=1S/C6H11NO2/c1-2-3-6(9)7-4-5-8/h2-3,8H,4-5H2,1H3,(H,7,9). The van der Waals surface area contributed by atoms with Crippen LogP contribution >= 0.6 is 0 Å². The molecule has 0 unspecified atom stereocenters. The van der Waals surface area contributed by atoms with Crippen molar-refractivity contribution in [3.05, 3.63) is 12.2 Å². The van der Waals surface area contributed by atoms with Crippen LogP contribution in [0.1, 0.15) is 6.92 Å². The van der Waals surface area contributed by atoms with E-state index < -0.39 is 0 Å². The Bertz CT molecular complexity index is 110. The van der Waals surface area contributed by atoms with E-state index in [1.54, 1.807) is 13.0 Å². The lowest BCUT2D eigenvalue weighted by Gasteiger charge is -1.94. The largest absolute Gasteiger partial charge is 0.395 e. The van der Waals surface area contributed by atoms with Gasteiger partial charge in [-0.3, -0.25) is 4.79 Å². The van der Waals surface area contributed by atoms with Gasteiger partial charge < -0.3 is 10.4 Å². The van der Waals surface area contributed by atoms with E-state index in [4.69, 9.17) is 5.11 Å². The molecule has 0 aliphatic carbocycles. The van der Waals surface area contributed by atoms with Gasteiger partial charge in [0.2, 0.25) is 5.91 Å². The summed E-state index contributed by atoms with van der Waals surface area (Å²) in [5.74, 6) is -0.161. The highest BCUT2D eigenvalue weighted by Crippen LogP contribution is 1.69. The van der Waals surface area contributed by atoms with Crippen molar-refractivity contribution in [3.8, 4) is 0 Å². The molecule has 0 aromatic carbocycles. The van der Waals surface area contributed by atoms with Crippen LogP contribution in [0, 0.1) is 0 Å². The summed E-state index contributed by atoms with van der Waals surface area (Å²) in [7, 11) is 0. The highest BCUT2D eigenvalue weighted by molar-refractivity contribution is 5.87. The fraction of sp³-hybridized carbons (Fsp3) is 0.500. The number of amides is 1. The molecule has 3 nitrogen and oxygen atoms in total. The number of allylic oxidation sites excluding steroid dienone is 1. The zero-order chi connectivity index (χ0) is 7.11. The molecule has 2 N–H and O–H groups in total. The third kappa shape index (κ3) is 5.03. The Kier molecular flexibility index (Phi) is 4.82. The first-order chi connectivity index (χ1) is 4.31. The Morgan fingerprint density at radius 1 is 1.78 bits per heavy atom. The number of hydrogen-bond acceptors (Lipinski definition) is 2. The summed E-state index contributed by atoms with van der Waals surface area (Å²) < 4.78 is 0. The van der Waals surface area contributed by atoms with Crippen molar-refractivity contribution in [1.29, 1.82) is 0 Å². The van der Waals surface area contributed by atoms with Crippen LogP contribution in [0.15, 0.2) is 12.2 Å². The molecule has 52 valence electrons. The van der Waals surface area contributed by atoms with E-state index in [0.717, 1.165) is 0 Å². The van der Waals surface area contributed by atoms with E-state index >= 15 is 0 Å². The predicted octanol–water partition coefficient (Wildman–Crippen LogP) is -0.329. The summed E-state index contributed by atoms with van der Waals surface area (Å²) in [6.07, 6.45) is 3.06. The van der Waals surface area contributed by atoms with Crippen LogP contribution in [0.25, 0.3) is 0 Å². The second-order valence-corrected chi connectivity index (χ2v) is 1.51. The Morgan fingerprint density at radius 2 is 2.44 bits per heavy atom. The first kappa shape index (κ1) is 8.17. The minimum atomic E-state index is -0.161. The van der Waals surface area contributed by atoms with Crippen LogP contribution in [0.5, 0.6) is 0 Å². The maximum Gasteiger partial charge on any atom is 0.243 e. The Hall–Kier alpha value is -0.830. The fourth-order valence-electron chi connectivity index (χ4n) is 0.389. The van der Waals surface area contributed by atoms with Crippen LogP contribution in [0.4, 0.5) is 0 Å². The van der Waals surface area contributed by atoms with Crippen LogP contribution in [0.2, 0.25) is 0 Å². The molecule has 3 heteroatoms. The van der Waals surface area contributed by atoms with Crippen molar-refractivity contribution in [2.24, 2.45) is 0 Å². The fourth-order valence-corrected chi connectivity index (χ4v) is 0.389. The number of nitrogens with one attached hydrogen (secondary N) is 1. The molecule has 0 radical (unpaired) electrons. The van der Waals surface area contributed by atoms with Crippen LogP contribution < -0.4 is 5.32 Å². The van der Waals surface area contributed by atoms with Crippen molar-refractivity contribution >= 4 is 5.91 Å². The summed E-state index contributed by atoms with van der Waals surface area (Å²) in [5, 5.41) is 10.7. The highest BCUT2D eigenvalue weighted by atomic mass is 16.3. The second-order valence-electron chi connectivity index (χ2n) is 1.51. The first-order valence-electron chi connectivity index (χ1n) is 2.82. The van der Waals surface area contributed by atoms with Gasteiger partial charge in [-0.2, -0.15) is 0 Å². The molecule has 0 saturated carbocycles. The molecule has 1 amide bonds. The van der Waals surface area contributed by atoms with E-state index in [1.807, 2.05) is 0 Å². The molecule has 0 aliphatic rings. The van der Waals surface area contributed by atoms with Gasteiger partial charge in [-0.1, -0.05) is 6.08 Å². The molecule has 0 aliphatic heterocycles. The van der Waals surface area contributed by atoms with Crippen LogP contribution in [0.3, 0.4) is 0 Å². The van der Waals surface area contributed by atoms with Crippen molar-refractivity contribution in [3.63, 3.8) is 0 Å². The third-order valence-corrected chi connectivity index (χ3v) is 0.729. The zero-order valence-corrected chi connectivity index (χ0v) is 5.42. The van der Waals surface area contributed by atoms with E-state index in [0.29, 0.717) is 6.54 Å². The SMILES string of the molecule is CC=CC(=O)NCCO. The number of aliphatic hydroxyl groups excluding tert-OH is 1. The van der Waals surface area contributed by atoms with E-state index in [1.165, 1.54) is 6.08 Å². The molecule has 0 aromatic heterocycles. The first-order valence-corrected chi connectivity index (χ1v) is 2.82. The summed E-state index contributed by atoms with van der Waals surface area (Å²) >= 11 is 0. The Morgan fingerprint density at radius 3 is 2.89 bits per heavy atom. The van der Waals surface area contributed by atoms with Gasteiger partial charge in [0.15, 0.2) is 0 Å². The predicted molar refractivity (Wildman–Crippen MR) is 34.9 cm³/mol. The third-order valence-electron chi connectivity index (χ3n) is 0.729. The van der Waals surface area contributed by atoms with Crippen LogP contribution in [-0.2, 0) is 4.79 Å². The van der Waals surface area contributed by atoms with Gasteiger partial charge in [-0.15, -0.1) is 0 Å². The van der Waals surface area contributed by atoms with Gasteiger partial charge in [0.1, 0.15) is 0 Å². The van der Waals surface area contributed by atoms with Gasteiger partial charge in [0, 0.05) is 6.54 Å². The summed E-state index contributed by atoms with van der Waals surface area (Å²) in [5.41, 5.74) is 0. The van der Waals surface area contributed by atoms with Crippen molar-refractivity contribution < 1.29 is 9.90 Å². The van der Waals surface area contributed by atoms with Gasteiger partial charge in [0.05, 0.1) is 6.61 Å². The number of rotatable bonds is 3. The molecule has 0 atom stereocenters. The van der Waals surface area contributed by atoms with Gasteiger partial charge in [0.25, 0.3) is 0 Å². The maximum absolute atomic E-state index is 10.5. The lowest BCUT2D eigenvalue weighted by atomic mass is 10.5. The van der Waals surface area contributed by atoms with E-state index in [9.17, 15) is 4.79 Å². The van der Waals surface area contributed by atoms with Crippen molar-refractivity contribution in [1.82, 2.24) is 5.32 Å². The smallest absolute Gasteiger partial charge is 0.243 e. The van der Waals surface area contributed by atoms with Gasteiger partial charge in [-0.05, 0) is 13.0 Å². The average Bonchev–Trinajstić information content (AvgIpc) is 1.85. The molecular weight excluding hydrogens is 118 g/mol. The molecular formula is C6H11NO2. The van der Waals surface area contributed by atoms with Gasteiger partial charge in [-0.25, -0.2) is 0 Å². The quantitative estimate of drug-likeness (QED) is 0.513. The highest BCUT2D eigenvalue weighted by Gasteiger charge is 1.88. The zero-order valence-electron chi connectivity index (χ0n) is 5.42. The lowest BCUT2D eigenvalue weighted by molar-refractivity contribution is -0.116. The summed E-state index contributed by atoms with van der Waals surface area (Å²) in [4.78, 5) is 10.5. The minimum absolute atomic E-state index is 0.0106. The molecule has 0 bridgehead atoms. The summed E-state index contributed by atoms with van der Waals surface area (Å²) in [6, 6.07) is 0. The normalized spacial score (nSPS) is 10.0. The molecule has 0 aromatic rings. The molecule has 0 heterocycles. The van der Waals surface area contributed by atoms with Gasteiger partial charge >= 0.3 is 0 Å². The maximum atomic E-state index is 10.5. The number of aliphatic hydroxyl groups is 1. The monoisotopic (exact) mass is 129 g/mol. The lowest BCUT2D eigenvalue weighted by Crippen LogP contribution is -2.24. The minimum Gasteiger partial charge on any atom is -0.395 e. The second kappa shape index (κ2) is 5.31. The number of carbonyl (C=O) groups excluding carboxylic acids is 1. The molecule has 0 fully saturated rings. The molecule has 9 heavy (non-hydrogen) atoms. The topological polar surface area (TPSA) is 49.3 Å². The van der Waals surface area contributed by atoms with Crippen molar-refractivity contribution in [2.45, 2.75) is 6.92 Å². The number of carbonyl (C=O) groups is 1. The van der Waals surface area contributed by atoms with Crippen LogP contribution in [-0.4, -0.2) is 24.2 Å². The Labute approximate surface area is 54.4 Å². The molecule has 0 saturated heterocycles. The van der Waals surface area contributed by atoms with E-state index in [2.05, 4.69) is 5.32 Å². The average molecular weight is 129 g/mol. The van der Waals surface area contributed by atoms with E-state index in [-0.39, 0.29) is 12.5 Å². The number of hydrogen-bond donors (Lipinski definition) is 2. The Balaban J connectivity index is 3.27. The molecule has 0 spiro atoms. The molecule has 0 rings (SSSR count). The van der Waals surface area contributed by atoms with Crippen molar-refractivity contribution in [2.75, 3.05) is 13.2 Å².